The van der Waals surface area contributed by atoms with Gasteiger partial charge in [-0.15, -0.1) is 0 Å². The molecule has 1 N–H and O–H groups in total. The summed E-state index contributed by atoms with van der Waals surface area (Å²) in [6.07, 6.45) is 1.67. The zero-order valence-electron chi connectivity index (χ0n) is 9.55. The summed E-state index contributed by atoms with van der Waals surface area (Å²) in [4.78, 5) is 2.59. The van der Waals surface area contributed by atoms with Crippen LogP contribution in [0, 0.1) is 0 Å². The van der Waals surface area contributed by atoms with Crippen molar-refractivity contribution in [2.45, 2.75) is 44.9 Å². The predicted octanol–water partition coefficient (Wildman–Crippen LogP) is 0.848. The molecule has 0 aromatic carbocycles. The summed E-state index contributed by atoms with van der Waals surface area (Å²) in [5.41, 5.74) is 0.0280. The van der Waals surface area contributed by atoms with Crippen LogP contribution in [-0.4, -0.2) is 48.8 Å². The summed E-state index contributed by atoms with van der Waals surface area (Å²) in [6.45, 7) is 11.1. The summed E-state index contributed by atoms with van der Waals surface area (Å²) in [5.74, 6) is 0. The first kappa shape index (κ1) is 10.4. The van der Waals surface area contributed by atoms with Gasteiger partial charge in [0, 0.05) is 25.7 Å². The fourth-order valence-electron chi connectivity index (χ4n) is 2.73. The number of rotatable bonds is 1. The van der Waals surface area contributed by atoms with E-state index in [1.807, 2.05) is 0 Å². The van der Waals surface area contributed by atoms with Crippen molar-refractivity contribution in [1.29, 1.82) is 0 Å². The van der Waals surface area contributed by atoms with Crippen molar-refractivity contribution < 1.29 is 4.74 Å². The first-order valence-electron chi connectivity index (χ1n) is 5.69. The van der Waals surface area contributed by atoms with Crippen LogP contribution in [0.3, 0.4) is 0 Å². The molecule has 0 aliphatic carbocycles. The van der Waals surface area contributed by atoms with Gasteiger partial charge in [-0.1, -0.05) is 0 Å². The average Bonchev–Trinajstić information content (AvgIpc) is 2.51. The van der Waals surface area contributed by atoms with E-state index in [0.717, 1.165) is 25.7 Å². The molecule has 0 bridgehead atoms. The molecule has 2 unspecified atom stereocenters. The molecule has 2 fully saturated rings. The molecule has 0 radical (unpaired) electrons. The third-order valence-corrected chi connectivity index (χ3v) is 3.15. The van der Waals surface area contributed by atoms with Crippen LogP contribution in [0.1, 0.15) is 27.2 Å². The van der Waals surface area contributed by atoms with Crippen molar-refractivity contribution in [1.82, 2.24) is 10.2 Å². The zero-order chi connectivity index (χ0) is 10.2. The third kappa shape index (κ3) is 2.27. The van der Waals surface area contributed by atoms with Crippen LogP contribution in [0.2, 0.25) is 0 Å². The molecule has 82 valence electrons. The largest absolute Gasteiger partial charge is 0.370 e. The molecule has 14 heavy (non-hydrogen) atoms. The maximum atomic E-state index is 5.90. The van der Waals surface area contributed by atoms with Gasteiger partial charge in [-0.05, 0) is 33.7 Å². The Morgan fingerprint density at radius 3 is 2.79 bits per heavy atom. The Morgan fingerprint density at radius 2 is 2.21 bits per heavy atom. The molecular weight excluding hydrogens is 176 g/mol. The molecule has 2 aliphatic rings. The highest BCUT2D eigenvalue weighted by molar-refractivity contribution is 4.89. The van der Waals surface area contributed by atoms with E-state index < -0.39 is 0 Å². The molecule has 0 saturated carbocycles. The molecule has 2 aliphatic heterocycles. The molecule has 0 spiro atoms. The quantitative estimate of drug-likeness (QED) is 0.676. The van der Waals surface area contributed by atoms with Crippen LogP contribution < -0.4 is 5.32 Å². The molecule has 2 heterocycles. The van der Waals surface area contributed by atoms with Gasteiger partial charge < -0.3 is 10.1 Å². The number of ether oxygens (including phenoxy) is 1. The van der Waals surface area contributed by atoms with Crippen LogP contribution in [0.25, 0.3) is 0 Å². The monoisotopic (exact) mass is 198 g/mol. The number of hydrogen-bond donors (Lipinski definition) is 1. The number of nitrogens with zero attached hydrogens (tertiary/aromatic N) is 1. The maximum absolute atomic E-state index is 5.90. The van der Waals surface area contributed by atoms with Gasteiger partial charge in [-0.3, -0.25) is 4.90 Å². The summed E-state index contributed by atoms with van der Waals surface area (Å²) < 4.78 is 5.90. The average molecular weight is 198 g/mol. The second-order valence-electron chi connectivity index (χ2n) is 5.26. The smallest absolute Gasteiger partial charge is 0.0757 e. The zero-order valence-corrected chi connectivity index (χ0v) is 9.55. The molecule has 3 heteroatoms. The van der Waals surface area contributed by atoms with Gasteiger partial charge in [-0.2, -0.15) is 0 Å². The van der Waals surface area contributed by atoms with Gasteiger partial charge in [0.1, 0.15) is 0 Å². The Hall–Kier alpha value is -0.120. The number of hydrogen-bond acceptors (Lipinski definition) is 3. The van der Waals surface area contributed by atoms with Crippen molar-refractivity contribution in [3.63, 3.8) is 0 Å². The molecule has 2 rings (SSSR count). The summed E-state index contributed by atoms with van der Waals surface area (Å²) in [7, 11) is 0. The van der Waals surface area contributed by atoms with E-state index in [1.54, 1.807) is 0 Å². The van der Waals surface area contributed by atoms with E-state index in [2.05, 4.69) is 31.0 Å². The lowest BCUT2D eigenvalue weighted by Crippen LogP contribution is -2.55. The van der Waals surface area contributed by atoms with Crippen LogP contribution in [0.4, 0.5) is 0 Å². The van der Waals surface area contributed by atoms with Crippen LogP contribution in [-0.2, 0) is 4.74 Å². The lowest BCUT2D eigenvalue weighted by molar-refractivity contribution is -0.136. The summed E-state index contributed by atoms with van der Waals surface area (Å²) in [6, 6.07) is 0.737. The van der Waals surface area contributed by atoms with Gasteiger partial charge in [-0.25, -0.2) is 0 Å². The van der Waals surface area contributed by atoms with Crippen molar-refractivity contribution in [2.75, 3.05) is 26.2 Å². The predicted molar refractivity (Wildman–Crippen MR) is 57.5 cm³/mol. The van der Waals surface area contributed by atoms with Gasteiger partial charge >= 0.3 is 0 Å². The fraction of sp³-hybridized carbons (Fsp3) is 1.00. The first-order chi connectivity index (χ1) is 6.57. The Bertz CT molecular complexity index is 199. The summed E-state index contributed by atoms with van der Waals surface area (Å²) >= 11 is 0. The molecule has 0 aromatic rings. The second kappa shape index (κ2) is 3.80. The minimum Gasteiger partial charge on any atom is -0.370 e. The maximum Gasteiger partial charge on any atom is 0.0757 e. The number of morpholine rings is 1. The first-order valence-corrected chi connectivity index (χ1v) is 5.69. The van der Waals surface area contributed by atoms with Crippen LogP contribution in [0.5, 0.6) is 0 Å². The SMILES string of the molecule is CC1CN(C2CCNC2)CC(C)(C)O1. The van der Waals surface area contributed by atoms with Gasteiger partial charge in [0.25, 0.3) is 0 Å². The van der Waals surface area contributed by atoms with Crippen molar-refractivity contribution >= 4 is 0 Å². The molecule has 3 nitrogen and oxygen atoms in total. The van der Waals surface area contributed by atoms with Crippen molar-refractivity contribution in [3.05, 3.63) is 0 Å². The van der Waals surface area contributed by atoms with Crippen molar-refractivity contribution in [3.8, 4) is 0 Å². The van der Waals surface area contributed by atoms with Gasteiger partial charge in [0.2, 0.25) is 0 Å². The standard InChI is InChI=1S/C11H22N2O/c1-9-7-13(8-11(2,3)14-9)10-4-5-12-6-10/h9-10,12H,4-8H2,1-3H3. The second-order valence-corrected chi connectivity index (χ2v) is 5.26. The Balaban J connectivity index is 1.97. The minimum atomic E-state index is 0.0280. The van der Waals surface area contributed by atoms with Crippen LogP contribution in [0.15, 0.2) is 0 Å². The van der Waals surface area contributed by atoms with E-state index in [1.165, 1.54) is 13.0 Å². The van der Waals surface area contributed by atoms with Gasteiger partial charge in [0.05, 0.1) is 11.7 Å². The highest BCUT2D eigenvalue weighted by Crippen LogP contribution is 2.23. The lowest BCUT2D eigenvalue weighted by atomic mass is 10.0. The Morgan fingerprint density at radius 1 is 1.43 bits per heavy atom. The molecule has 2 saturated heterocycles. The van der Waals surface area contributed by atoms with E-state index >= 15 is 0 Å². The van der Waals surface area contributed by atoms with E-state index in [4.69, 9.17) is 4.74 Å². The molecule has 0 amide bonds. The molecule has 2 atom stereocenters. The molecule has 0 aromatic heterocycles. The normalized spacial score (nSPS) is 38.8. The third-order valence-electron chi connectivity index (χ3n) is 3.15. The van der Waals surface area contributed by atoms with E-state index in [-0.39, 0.29) is 5.60 Å². The number of nitrogens with one attached hydrogen (secondary N) is 1. The van der Waals surface area contributed by atoms with Gasteiger partial charge in [0.15, 0.2) is 0 Å². The minimum absolute atomic E-state index is 0.0280. The topological polar surface area (TPSA) is 24.5 Å². The fourth-order valence-corrected chi connectivity index (χ4v) is 2.73. The van der Waals surface area contributed by atoms with E-state index in [0.29, 0.717) is 6.10 Å². The highest BCUT2D eigenvalue weighted by Gasteiger charge is 2.35. The summed E-state index contributed by atoms with van der Waals surface area (Å²) in [5, 5.41) is 3.43. The Kier molecular flexibility index (Phi) is 2.82. The lowest BCUT2D eigenvalue weighted by Gasteiger charge is -2.44. The van der Waals surface area contributed by atoms with Crippen molar-refractivity contribution in [2.24, 2.45) is 0 Å². The Labute approximate surface area is 86.8 Å². The highest BCUT2D eigenvalue weighted by atomic mass is 16.5. The van der Waals surface area contributed by atoms with Crippen LogP contribution >= 0.6 is 0 Å². The van der Waals surface area contributed by atoms with E-state index in [9.17, 15) is 0 Å². The molecular formula is C11H22N2O.